The summed E-state index contributed by atoms with van der Waals surface area (Å²) in [5.41, 5.74) is 0.992. The number of ether oxygens (including phenoxy) is 3. The van der Waals surface area contributed by atoms with Crippen molar-refractivity contribution in [1.29, 1.82) is 0 Å². The van der Waals surface area contributed by atoms with Crippen LogP contribution in [0.25, 0.3) is 0 Å². The maximum absolute atomic E-state index is 12.6. The van der Waals surface area contributed by atoms with Crippen molar-refractivity contribution in [3.05, 3.63) is 29.8 Å². The first-order chi connectivity index (χ1) is 14.2. The molecule has 2 atom stereocenters. The molecular formula is C22H30N2O6. The van der Waals surface area contributed by atoms with Crippen LogP contribution in [0.5, 0.6) is 0 Å². The number of piperidine rings is 1. The Morgan fingerprint density at radius 1 is 1.23 bits per heavy atom. The summed E-state index contributed by atoms with van der Waals surface area (Å²) in [5.74, 6) is -0.898. The van der Waals surface area contributed by atoms with E-state index in [1.807, 2.05) is 45.0 Å². The van der Waals surface area contributed by atoms with E-state index in [0.29, 0.717) is 45.0 Å². The Kier molecular flexibility index (Phi) is 6.53. The Labute approximate surface area is 177 Å². The number of anilines is 1. The number of rotatable bonds is 4. The lowest BCUT2D eigenvalue weighted by molar-refractivity contribution is -0.150. The minimum atomic E-state index is -0.597. The highest BCUT2D eigenvalue weighted by molar-refractivity contribution is 5.89. The lowest BCUT2D eigenvalue weighted by Crippen LogP contribution is -2.47. The van der Waals surface area contributed by atoms with Gasteiger partial charge >= 0.3 is 18.2 Å². The molecule has 2 aliphatic heterocycles. The average molecular weight is 418 g/mol. The van der Waals surface area contributed by atoms with Crippen LogP contribution in [0.15, 0.2) is 24.3 Å². The number of cyclic esters (lactones) is 1. The zero-order valence-electron chi connectivity index (χ0n) is 18.1. The van der Waals surface area contributed by atoms with E-state index in [1.165, 1.54) is 0 Å². The third kappa shape index (κ3) is 5.04. The summed E-state index contributed by atoms with van der Waals surface area (Å²) in [6.45, 7) is 9.16. The molecule has 1 aromatic rings. The summed E-state index contributed by atoms with van der Waals surface area (Å²) < 4.78 is 15.9. The molecule has 3 rings (SSSR count). The SMILES string of the molecule is CCOC(=O)C1CCN(C(=O)OC(C)(C)C)CC1c1cccc(N2CCOC2=O)c1. The van der Waals surface area contributed by atoms with Crippen molar-refractivity contribution in [2.45, 2.75) is 45.6 Å². The average Bonchev–Trinajstić information content (AvgIpc) is 3.12. The van der Waals surface area contributed by atoms with E-state index in [2.05, 4.69) is 0 Å². The second-order valence-electron chi connectivity index (χ2n) is 8.54. The third-order valence-electron chi connectivity index (χ3n) is 5.22. The molecule has 2 saturated heterocycles. The highest BCUT2D eigenvalue weighted by atomic mass is 16.6. The number of benzene rings is 1. The molecule has 8 heteroatoms. The van der Waals surface area contributed by atoms with Crippen LogP contribution >= 0.6 is 0 Å². The zero-order valence-corrected chi connectivity index (χ0v) is 18.1. The summed E-state index contributed by atoms with van der Waals surface area (Å²) in [6.07, 6.45) is -0.291. The number of nitrogens with zero attached hydrogens (tertiary/aromatic N) is 2. The first-order valence-corrected chi connectivity index (χ1v) is 10.4. The van der Waals surface area contributed by atoms with Crippen molar-refractivity contribution >= 4 is 23.8 Å². The number of hydrogen-bond donors (Lipinski definition) is 0. The Morgan fingerprint density at radius 3 is 2.63 bits per heavy atom. The van der Waals surface area contributed by atoms with Gasteiger partial charge in [-0.2, -0.15) is 0 Å². The maximum Gasteiger partial charge on any atom is 0.414 e. The van der Waals surface area contributed by atoms with Gasteiger partial charge in [0, 0.05) is 24.7 Å². The fourth-order valence-electron chi connectivity index (χ4n) is 3.86. The van der Waals surface area contributed by atoms with Gasteiger partial charge in [0.05, 0.1) is 19.1 Å². The Balaban J connectivity index is 1.87. The van der Waals surface area contributed by atoms with Gasteiger partial charge in [0.2, 0.25) is 0 Å². The van der Waals surface area contributed by atoms with E-state index < -0.39 is 11.7 Å². The van der Waals surface area contributed by atoms with Gasteiger partial charge in [-0.05, 0) is 51.8 Å². The van der Waals surface area contributed by atoms with Gasteiger partial charge in [-0.3, -0.25) is 9.69 Å². The number of likely N-dealkylation sites (tertiary alicyclic amines) is 1. The van der Waals surface area contributed by atoms with Gasteiger partial charge in [-0.1, -0.05) is 12.1 Å². The predicted octanol–water partition coefficient (Wildman–Crippen LogP) is 3.55. The summed E-state index contributed by atoms with van der Waals surface area (Å²) in [4.78, 5) is 40.4. The van der Waals surface area contributed by atoms with Crippen molar-refractivity contribution in [3.63, 3.8) is 0 Å². The lowest BCUT2D eigenvalue weighted by atomic mass is 9.80. The van der Waals surface area contributed by atoms with E-state index >= 15 is 0 Å². The van der Waals surface area contributed by atoms with Crippen LogP contribution in [0.2, 0.25) is 0 Å². The van der Waals surface area contributed by atoms with E-state index in [9.17, 15) is 14.4 Å². The molecule has 1 aromatic carbocycles. The molecule has 2 aliphatic rings. The smallest absolute Gasteiger partial charge is 0.414 e. The summed E-state index contributed by atoms with van der Waals surface area (Å²) >= 11 is 0. The number of carbonyl (C=O) groups is 3. The molecule has 0 radical (unpaired) electrons. The second kappa shape index (κ2) is 8.93. The van der Waals surface area contributed by atoms with Crippen LogP contribution in [0.1, 0.15) is 45.6 Å². The monoisotopic (exact) mass is 418 g/mol. The van der Waals surface area contributed by atoms with E-state index in [4.69, 9.17) is 14.2 Å². The first kappa shape index (κ1) is 21.9. The molecule has 0 aromatic heterocycles. The van der Waals surface area contributed by atoms with Crippen molar-refractivity contribution in [1.82, 2.24) is 4.90 Å². The fourth-order valence-corrected chi connectivity index (χ4v) is 3.86. The van der Waals surface area contributed by atoms with Crippen molar-refractivity contribution in [2.24, 2.45) is 5.92 Å². The zero-order chi connectivity index (χ0) is 21.9. The van der Waals surface area contributed by atoms with Crippen molar-refractivity contribution in [3.8, 4) is 0 Å². The molecule has 30 heavy (non-hydrogen) atoms. The number of hydrogen-bond acceptors (Lipinski definition) is 6. The van der Waals surface area contributed by atoms with Crippen LogP contribution < -0.4 is 4.90 Å². The van der Waals surface area contributed by atoms with Crippen LogP contribution in [-0.2, 0) is 19.0 Å². The molecule has 2 fully saturated rings. The van der Waals surface area contributed by atoms with Crippen molar-refractivity contribution in [2.75, 3.05) is 37.7 Å². The van der Waals surface area contributed by atoms with Gasteiger partial charge in [0.15, 0.2) is 0 Å². The Hall–Kier alpha value is -2.77. The molecule has 164 valence electrons. The van der Waals surface area contributed by atoms with Gasteiger partial charge in [-0.25, -0.2) is 9.59 Å². The normalized spacial score (nSPS) is 21.9. The standard InChI is InChI=1S/C22H30N2O6/c1-5-28-19(25)17-9-10-23(20(26)30-22(2,3)4)14-18(17)15-7-6-8-16(13-15)24-11-12-29-21(24)27/h6-8,13,17-18H,5,9-12,14H2,1-4H3. The van der Waals surface area contributed by atoms with E-state index in [-0.39, 0.29) is 23.9 Å². The van der Waals surface area contributed by atoms with Crippen LogP contribution in [0, 0.1) is 5.92 Å². The highest BCUT2D eigenvalue weighted by Crippen LogP contribution is 2.36. The van der Waals surface area contributed by atoms with Crippen LogP contribution in [0.4, 0.5) is 15.3 Å². The molecule has 8 nitrogen and oxygen atoms in total. The first-order valence-electron chi connectivity index (χ1n) is 10.4. The van der Waals surface area contributed by atoms with Gasteiger partial charge in [-0.15, -0.1) is 0 Å². The van der Waals surface area contributed by atoms with Crippen molar-refractivity contribution < 1.29 is 28.6 Å². The number of amides is 2. The second-order valence-corrected chi connectivity index (χ2v) is 8.54. The summed E-state index contributed by atoms with van der Waals surface area (Å²) in [7, 11) is 0. The minimum absolute atomic E-state index is 0.260. The topological polar surface area (TPSA) is 85.4 Å². The summed E-state index contributed by atoms with van der Waals surface area (Å²) in [6, 6.07) is 7.50. The van der Waals surface area contributed by atoms with Gasteiger partial charge < -0.3 is 19.1 Å². The number of esters is 1. The highest BCUT2D eigenvalue weighted by Gasteiger charge is 2.39. The predicted molar refractivity (Wildman–Crippen MR) is 110 cm³/mol. The fraction of sp³-hybridized carbons (Fsp3) is 0.591. The molecule has 0 aliphatic carbocycles. The molecule has 0 N–H and O–H groups in total. The molecule has 2 unspecified atom stereocenters. The van der Waals surface area contributed by atoms with E-state index in [0.717, 1.165) is 5.56 Å². The maximum atomic E-state index is 12.6. The number of carbonyl (C=O) groups excluding carboxylic acids is 3. The quantitative estimate of drug-likeness (QED) is 0.549. The van der Waals surface area contributed by atoms with Gasteiger partial charge in [0.25, 0.3) is 0 Å². The van der Waals surface area contributed by atoms with Crippen LogP contribution in [0.3, 0.4) is 0 Å². The Bertz CT molecular complexity index is 803. The van der Waals surface area contributed by atoms with Gasteiger partial charge in [0.1, 0.15) is 12.2 Å². The molecule has 0 saturated carbocycles. The van der Waals surface area contributed by atoms with Crippen LogP contribution in [-0.4, -0.2) is 61.5 Å². The summed E-state index contributed by atoms with van der Waals surface area (Å²) in [5, 5.41) is 0. The molecular weight excluding hydrogens is 388 g/mol. The Morgan fingerprint density at radius 2 is 2.00 bits per heavy atom. The molecule has 0 spiro atoms. The molecule has 2 heterocycles. The largest absolute Gasteiger partial charge is 0.466 e. The lowest BCUT2D eigenvalue weighted by Gasteiger charge is -2.38. The van der Waals surface area contributed by atoms with E-state index in [1.54, 1.807) is 16.7 Å². The molecule has 2 amide bonds. The minimum Gasteiger partial charge on any atom is -0.466 e. The third-order valence-corrected chi connectivity index (χ3v) is 5.22. The molecule has 0 bridgehead atoms.